The molecular formula is C8H8FNO. The molecule has 0 unspecified atom stereocenters. The topological polar surface area (TPSA) is 33.1 Å². The Morgan fingerprint density at radius 3 is 3.00 bits per heavy atom. The van der Waals surface area contributed by atoms with Crippen molar-refractivity contribution >= 4 is 6.08 Å². The van der Waals surface area contributed by atoms with Gasteiger partial charge < -0.3 is 5.11 Å². The van der Waals surface area contributed by atoms with Crippen LogP contribution in [0.3, 0.4) is 0 Å². The molecule has 1 heterocycles. The molecule has 11 heavy (non-hydrogen) atoms. The molecule has 0 bridgehead atoms. The molecule has 1 N–H and O–H groups in total. The minimum atomic E-state index is -0.584. The summed E-state index contributed by atoms with van der Waals surface area (Å²) >= 11 is 0. The summed E-state index contributed by atoms with van der Waals surface area (Å²) in [5.74, 6) is -0.584. The Hall–Kier alpha value is -1.22. The summed E-state index contributed by atoms with van der Waals surface area (Å²) in [4.78, 5) is 3.41. The van der Waals surface area contributed by atoms with Gasteiger partial charge in [0.05, 0.1) is 6.61 Å². The van der Waals surface area contributed by atoms with E-state index in [9.17, 15) is 4.39 Å². The van der Waals surface area contributed by atoms with E-state index in [-0.39, 0.29) is 6.61 Å². The van der Waals surface area contributed by atoms with Gasteiger partial charge in [0.1, 0.15) is 0 Å². The third-order valence-corrected chi connectivity index (χ3v) is 1.38. The lowest BCUT2D eigenvalue weighted by atomic mass is 10.1. The Morgan fingerprint density at radius 1 is 1.73 bits per heavy atom. The fourth-order valence-corrected chi connectivity index (χ4v) is 0.799. The van der Waals surface area contributed by atoms with E-state index in [2.05, 4.69) is 11.6 Å². The van der Waals surface area contributed by atoms with Crippen molar-refractivity contribution in [2.24, 2.45) is 0 Å². The average molecular weight is 153 g/mol. The fourth-order valence-electron chi connectivity index (χ4n) is 0.799. The second-order valence-electron chi connectivity index (χ2n) is 2.07. The Kier molecular flexibility index (Phi) is 2.33. The molecule has 3 heteroatoms. The number of halogens is 1. The zero-order valence-corrected chi connectivity index (χ0v) is 5.92. The van der Waals surface area contributed by atoms with E-state index in [1.165, 1.54) is 18.3 Å². The number of aromatic nitrogens is 1. The van der Waals surface area contributed by atoms with E-state index >= 15 is 0 Å². The Labute approximate surface area is 64.0 Å². The number of nitrogens with zero attached hydrogens (tertiary/aromatic N) is 1. The van der Waals surface area contributed by atoms with Crippen LogP contribution < -0.4 is 0 Å². The minimum Gasteiger partial charge on any atom is -0.392 e. The summed E-state index contributed by atoms with van der Waals surface area (Å²) in [6.45, 7) is 3.30. The first-order valence-corrected chi connectivity index (χ1v) is 3.15. The Bertz CT molecular complexity index is 273. The monoisotopic (exact) mass is 153 g/mol. The molecule has 1 aromatic heterocycles. The van der Waals surface area contributed by atoms with E-state index in [1.807, 2.05) is 0 Å². The normalized spacial score (nSPS) is 9.64. The average Bonchev–Trinajstić information content (AvgIpc) is 2.04. The van der Waals surface area contributed by atoms with Crippen LogP contribution in [0.25, 0.3) is 6.08 Å². The first kappa shape index (κ1) is 7.88. The van der Waals surface area contributed by atoms with Gasteiger partial charge in [-0.1, -0.05) is 12.7 Å². The fraction of sp³-hybridized carbons (Fsp3) is 0.125. The quantitative estimate of drug-likeness (QED) is 0.650. The van der Waals surface area contributed by atoms with Gasteiger partial charge in [0, 0.05) is 6.20 Å². The van der Waals surface area contributed by atoms with Crippen LogP contribution in [0.2, 0.25) is 0 Å². The molecule has 0 fully saturated rings. The van der Waals surface area contributed by atoms with E-state index in [1.54, 1.807) is 0 Å². The van der Waals surface area contributed by atoms with Crippen LogP contribution >= 0.6 is 0 Å². The van der Waals surface area contributed by atoms with E-state index in [0.717, 1.165) is 0 Å². The number of rotatable bonds is 2. The lowest BCUT2D eigenvalue weighted by Gasteiger charge is -1.99. The van der Waals surface area contributed by atoms with Gasteiger partial charge in [-0.15, -0.1) is 0 Å². The van der Waals surface area contributed by atoms with Crippen LogP contribution in [-0.2, 0) is 6.61 Å². The predicted molar refractivity (Wildman–Crippen MR) is 40.2 cm³/mol. The van der Waals surface area contributed by atoms with Crippen molar-refractivity contribution in [3.8, 4) is 0 Å². The van der Waals surface area contributed by atoms with Crippen molar-refractivity contribution in [1.29, 1.82) is 0 Å². The molecule has 58 valence electrons. The van der Waals surface area contributed by atoms with Gasteiger partial charge in [0.15, 0.2) is 0 Å². The summed E-state index contributed by atoms with van der Waals surface area (Å²) in [5.41, 5.74) is 1.17. The van der Waals surface area contributed by atoms with Gasteiger partial charge in [0.2, 0.25) is 5.95 Å². The summed E-state index contributed by atoms with van der Waals surface area (Å²) in [5, 5.41) is 8.73. The summed E-state index contributed by atoms with van der Waals surface area (Å²) in [7, 11) is 0. The predicted octanol–water partition coefficient (Wildman–Crippen LogP) is 1.36. The van der Waals surface area contributed by atoms with Gasteiger partial charge in [-0.05, 0) is 17.2 Å². The van der Waals surface area contributed by atoms with Gasteiger partial charge in [-0.2, -0.15) is 4.39 Å². The number of hydrogen-bond donors (Lipinski definition) is 1. The smallest absolute Gasteiger partial charge is 0.213 e. The lowest BCUT2D eigenvalue weighted by molar-refractivity contribution is 0.280. The first-order valence-electron chi connectivity index (χ1n) is 3.15. The zero-order chi connectivity index (χ0) is 8.27. The van der Waals surface area contributed by atoms with Gasteiger partial charge in [-0.3, -0.25) is 0 Å². The van der Waals surface area contributed by atoms with Crippen molar-refractivity contribution in [1.82, 2.24) is 4.98 Å². The van der Waals surface area contributed by atoms with E-state index < -0.39 is 5.95 Å². The molecule has 0 amide bonds. The Balaban J connectivity index is 3.16. The molecule has 0 saturated carbocycles. The van der Waals surface area contributed by atoms with Crippen LogP contribution in [0.4, 0.5) is 4.39 Å². The maximum absolute atomic E-state index is 12.4. The zero-order valence-electron chi connectivity index (χ0n) is 5.92. The highest BCUT2D eigenvalue weighted by atomic mass is 19.1. The largest absolute Gasteiger partial charge is 0.392 e. The third-order valence-electron chi connectivity index (χ3n) is 1.38. The van der Waals surface area contributed by atoms with Gasteiger partial charge in [-0.25, -0.2) is 4.98 Å². The summed E-state index contributed by atoms with van der Waals surface area (Å²) < 4.78 is 12.4. The van der Waals surface area contributed by atoms with Crippen LogP contribution in [-0.4, -0.2) is 10.1 Å². The number of pyridine rings is 1. The molecule has 0 saturated heterocycles. The van der Waals surface area contributed by atoms with Crippen molar-refractivity contribution in [2.75, 3.05) is 0 Å². The standard InChI is InChI=1S/C8H8FNO/c1-2-6-4-10-8(9)3-7(6)5-11/h2-4,11H,1,5H2. The molecule has 0 spiro atoms. The molecular weight excluding hydrogens is 145 g/mol. The molecule has 0 radical (unpaired) electrons. The molecule has 0 aromatic carbocycles. The highest BCUT2D eigenvalue weighted by Gasteiger charge is 1.99. The third kappa shape index (κ3) is 1.62. The molecule has 1 aromatic rings. The Morgan fingerprint density at radius 2 is 2.45 bits per heavy atom. The number of aliphatic hydroxyl groups is 1. The molecule has 0 aliphatic rings. The maximum atomic E-state index is 12.4. The van der Waals surface area contributed by atoms with Crippen LogP contribution in [0, 0.1) is 5.95 Å². The molecule has 2 nitrogen and oxygen atoms in total. The SMILES string of the molecule is C=Cc1cnc(F)cc1CO. The molecule has 0 atom stereocenters. The first-order chi connectivity index (χ1) is 5.27. The minimum absolute atomic E-state index is 0.194. The van der Waals surface area contributed by atoms with Crippen molar-refractivity contribution in [3.63, 3.8) is 0 Å². The molecule has 0 aliphatic carbocycles. The van der Waals surface area contributed by atoms with Crippen LogP contribution in [0.1, 0.15) is 11.1 Å². The molecule has 1 rings (SSSR count). The lowest BCUT2D eigenvalue weighted by Crippen LogP contribution is -1.92. The van der Waals surface area contributed by atoms with Crippen molar-refractivity contribution < 1.29 is 9.50 Å². The van der Waals surface area contributed by atoms with E-state index in [4.69, 9.17) is 5.11 Å². The summed E-state index contributed by atoms with van der Waals surface area (Å²) in [6, 6.07) is 1.19. The summed E-state index contributed by atoms with van der Waals surface area (Å²) in [6.07, 6.45) is 2.87. The second kappa shape index (κ2) is 3.25. The second-order valence-corrected chi connectivity index (χ2v) is 2.07. The maximum Gasteiger partial charge on any atom is 0.213 e. The highest BCUT2D eigenvalue weighted by molar-refractivity contribution is 5.49. The van der Waals surface area contributed by atoms with E-state index in [0.29, 0.717) is 11.1 Å². The van der Waals surface area contributed by atoms with Crippen molar-refractivity contribution in [3.05, 3.63) is 35.9 Å². The van der Waals surface area contributed by atoms with Crippen LogP contribution in [0.5, 0.6) is 0 Å². The number of hydrogen-bond acceptors (Lipinski definition) is 2. The highest BCUT2D eigenvalue weighted by Crippen LogP contribution is 2.09. The number of aliphatic hydroxyl groups excluding tert-OH is 1. The van der Waals surface area contributed by atoms with Crippen LogP contribution in [0.15, 0.2) is 18.8 Å². The van der Waals surface area contributed by atoms with Crippen molar-refractivity contribution in [2.45, 2.75) is 6.61 Å². The molecule has 0 aliphatic heterocycles. The van der Waals surface area contributed by atoms with Gasteiger partial charge in [0.25, 0.3) is 0 Å². The van der Waals surface area contributed by atoms with Gasteiger partial charge >= 0.3 is 0 Å².